The van der Waals surface area contributed by atoms with Crippen molar-refractivity contribution in [2.75, 3.05) is 28.4 Å². The van der Waals surface area contributed by atoms with Crippen LogP contribution < -0.4 is 18.9 Å². The first-order valence-corrected chi connectivity index (χ1v) is 9.31. The van der Waals surface area contributed by atoms with Crippen LogP contribution in [0.2, 0.25) is 0 Å². The lowest BCUT2D eigenvalue weighted by molar-refractivity contribution is 0.326. The summed E-state index contributed by atoms with van der Waals surface area (Å²) < 4.78 is 21.9. The summed E-state index contributed by atoms with van der Waals surface area (Å²) in [7, 11) is 6.05. The molecule has 2 aromatic carbocycles. The number of hydrogen-bond donors (Lipinski definition) is 2. The van der Waals surface area contributed by atoms with Crippen molar-refractivity contribution < 1.29 is 29.2 Å². The Labute approximate surface area is 165 Å². The Morgan fingerprint density at radius 2 is 1.25 bits per heavy atom. The van der Waals surface area contributed by atoms with E-state index in [4.69, 9.17) is 18.9 Å². The molecule has 0 saturated carbocycles. The van der Waals surface area contributed by atoms with Crippen molar-refractivity contribution in [1.82, 2.24) is 0 Å². The predicted molar refractivity (Wildman–Crippen MR) is 107 cm³/mol. The van der Waals surface area contributed by atoms with Crippen LogP contribution in [0.15, 0.2) is 12.1 Å². The van der Waals surface area contributed by atoms with E-state index >= 15 is 0 Å². The first-order valence-electron chi connectivity index (χ1n) is 9.31. The molecule has 3 rings (SSSR count). The highest BCUT2D eigenvalue weighted by atomic mass is 16.5. The SMILES string of the molecule is COc1cc2c(c(O)c1OC)-c1c(cc(O)c(OC)c1OC)C[C@H](C)[C@@H](C)C2. The van der Waals surface area contributed by atoms with E-state index in [-0.39, 0.29) is 23.0 Å². The minimum atomic E-state index is -0.00843. The molecule has 28 heavy (non-hydrogen) atoms. The van der Waals surface area contributed by atoms with E-state index < -0.39 is 0 Å². The van der Waals surface area contributed by atoms with Crippen LogP contribution in [0.25, 0.3) is 11.1 Å². The van der Waals surface area contributed by atoms with E-state index in [2.05, 4.69) is 13.8 Å². The Balaban J connectivity index is 2.47. The average Bonchev–Trinajstić information content (AvgIpc) is 2.67. The number of ether oxygens (including phenoxy) is 4. The molecule has 0 aromatic heterocycles. The summed E-state index contributed by atoms with van der Waals surface area (Å²) >= 11 is 0. The summed E-state index contributed by atoms with van der Waals surface area (Å²) in [5.74, 6) is 2.10. The maximum atomic E-state index is 11.2. The van der Waals surface area contributed by atoms with Gasteiger partial charge in [0.1, 0.15) is 0 Å². The van der Waals surface area contributed by atoms with Crippen LogP contribution in [0.5, 0.6) is 34.5 Å². The third kappa shape index (κ3) is 3.07. The lowest BCUT2D eigenvalue weighted by Gasteiger charge is -2.29. The first kappa shape index (κ1) is 20.0. The number of hydrogen-bond acceptors (Lipinski definition) is 6. The molecule has 0 heterocycles. The van der Waals surface area contributed by atoms with E-state index in [0.29, 0.717) is 34.5 Å². The predicted octanol–water partition coefficient (Wildman–Crippen LogP) is 4.17. The summed E-state index contributed by atoms with van der Waals surface area (Å²) in [5, 5.41) is 21.6. The Hall–Kier alpha value is -2.76. The second kappa shape index (κ2) is 7.70. The molecule has 6 nitrogen and oxygen atoms in total. The maximum absolute atomic E-state index is 11.2. The summed E-state index contributed by atoms with van der Waals surface area (Å²) in [6, 6.07) is 3.61. The van der Waals surface area contributed by atoms with E-state index in [9.17, 15) is 10.2 Å². The summed E-state index contributed by atoms with van der Waals surface area (Å²) in [4.78, 5) is 0. The van der Waals surface area contributed by atoms with E-state index in [0.717, 1.165) is 24.0 Å². The minimum Gasteiger partial charge on any atom is -0.504 e. The number of fused-ring (bicyclic) bond motifs is 3. The molecule has 0 unspecified atom stereocenters. The molecular formula is C22H28O6. The molecule has 0 saturated heterocycles. The molecule has 152 valence electrons. The Bertz CT molecular complexity index is 888. The fourth-order valence-corrected chi connectivity index (χ4v) is 4.07. The highest BCUT2D eigenvalue weighted by molar-refractivity contribution is 5.88. The van der Waals surface area contributed by atoms with Gasteiger partial charge in [-0.3, -0.25) is 0 Å². The van der Waals surface area contributed by atoms with Crippen molar-refractivity contribution >= 4 is 0 Å². The Morgan fingerprint density at radius 1 is 0.714 bits per heavy atom. The third-order valence-electron chi connectivity index (χ3n) is 5.74. The topological polar surface area (TPSA) is 77.4 Å². The van der Waals surface area contributed by atoms with Gasteiger partial charge in [0.25, 0.3) is 0 Å². The molecular weight excluding hydrogens is 360 g/mol. The van der Waals surface area contributed by atoms with Crippen LogP contribution in [0, 0.1) is 11.8 Å². The molecule has 1 aliphatic carbocycles. The van der Waals surface area contributed by atoms with E-state index in [1.165, 1.54) is 21.3 Å². The Morgan fingerprint density at radius 3 is 1.75 bits per heavy atom. The van der Waals surface area contributed by atoms with Gasteiger partial charge in [-0.1, -0.05) is 13.8 Å². The Kier molecular flexibility index (Phi) is 5.49. The lowest BCUT2D eigenvalue weighted by Crippen LogP contribution is -2.18. The van der Waals surface area contributed by atoms with Gasteiger partial charge in [0.2, 0.25) is 11.5 Å². The van der Waals surface area contributed by atoms with Crippen molar-refractivity contribution in [3.8, 4) is 45.6 Å². The van der Waals surface area contributed by atoms with Gasteiger partial charge in [-0.05, 0) is 47.9 Å². The van der Waals surface area contributed by atoms with Gasteiger partial charge in [0.05, 0.1) is 28.4 Å². The van der Waals surface area contributed by atoms with Gasteiger partial charge in [-0.2, -0.15) is 0 Å². The summed E-state index contributed by atoms with van der Waals surface area (Å²) in [6.07, 6.45) is 1.49. The molecule has 0 radical (unpaired) electrons. The molecule has 2 N–H and O–H groups in total. The molecule has 1 aliphatic rings. The van der Waals surface area contributed by atoms with Crippen LogP contribution in [-0.4, -0.2) is 38.7 Å². The smallest absolute Gasteiger partial charge is 0.203 e. The van der Waals surface area contributed by atoms with Crippen molar-refractivity contribution in [2.24, 2.45) is 11.8 Å². The van der Waals surface area contributed by atoms with Gasteiger partial charge >= 0.3 is 0 Å². The summed E-state index contributed by atoms with van der Waals surface area (Å²) in [5.41, 5.74) is 3.16. The molecule has 0 aliphatic heterocycles. The number of rotatable bonds is 4. The molecule has 2 atom stereocenters. The van der Waals surface area contributed by atoms with Crippen LogP contribution in [0.3, 0.4) is 0 Å². The number of phenolic OH excluding ortho intramolecular Hbond substituents is 2. The second-order valence-electron chi connectivity index (χ2n) is 7.35. The van der Waals surface area contributed by atoms with E-state index in [1.807, 2.05) is 6.07 Å². The van der Waals surface area contributed by atoms with Crippen molar-refractivity contribution in [1.29, 1.82) is 0 Å². The molecule has 2 aromatic rings. The highest BCUT2D eigenvalue weighted by Gasteiger charge is 2.32. The molecule has 6 heteroatoms. The van der Waals surface area contributed by atoms with Crippen LogP contribution >= 0.6 is 0 Å². The number of phenols is 2. The van der Waals surface area contributed by atoms with Crippen molar-refractivity contribution in [2.45, 2.75) is 26.7 Å². The normalized spacial score (nSPS) is 18.4. The number of methoxy groups -OCH3 is 4. The molecule has 0 spiro atoms. The van der Waals surface area contributed by atoms with Crippen molar-refractivity contribution in [3.63, 3.8) is 0 Å². The highest BCUT2D eigenvalue weighted by Crippen LogP contribution is 2.55. The van der Waals surface area contributed by atoms with Gasteiger partial charge in [0.15, 0.2) is 23.0 Å². The fraction of sp³-hybridized carbons (Fsp3) is 0.455. The van der Waals surface area contributed by atoms with E-state index in [1.54, 1.807) is 13.2 Å². The van der Waals surface area contributed by atoms with Crippen LogP contribution in [-0.2, 0) is 12.8 Å². The summed E-state index contributed by atoms with van der Waals surface area (Å²) in [6.45, 7) is 4.38. The van der Waals surface area contributed by atoms with Gasteiger partial charge in [-0.25, -0.2) is 0 Å². The standard InChI is InChI=1S/C22H28O6/c1-11-7-13-9-15(23)20(26-4)22(28-6)18(13)17-14(8-12(11)2)10-16(25-3)21(27-5)19(17)24/h9-12,23-24H,7-8H2,1-6H3/t11-,12-/m0/s1. The van der Waals surface area contributed by atoms with Crippen molar-refractivity contribution in [3.05, 3.63) is 23.3 Å². The zero-order valence-corrected chi connectivity index (χ0v) is 17.3. The number of benzene rings is 2. The largest absolute Gasteiger partial charge is 0.504 e. The maximum Gasteiger partial charge on any atom is 0.203 e. The lowest BCUT2D eigenvalue weighted by atomic mass is 9.77. The second-order valence-corrected chi connectivity index (χ2v) is 7.35. The zero-order valence-electron chi connectivity index (χ0n) is 17.3. The molecule has 0 fully saturated rings. The zero-order chi connectivity index (χ0) is 20.6. The molecule has 0 bridgehead atoms. The average molecular weight is 388 g/mol. The first-order chi connectivity index (χ1) is 13.4. The number of aromatic hydroxyl groups is 2. The van der Waals surface area contributed by atoms with Crippen LogP contribution in [0.1, 0.15) is 25.0 Å². The third-order valence-corrected chi connectivity index (χ3v) is 5.74. The van der Waals surface area contributed by atoms with Gasteiger partial charge in [-0.15, -0.1) is 0 Å². The van der Waals surface area contributed by atoms with Crippen LogP contribution in [0.4, 0.5) is 0 Å². The molecule has 0 amide bonds. The van der Waals surface area contributed by atoms with Gasteiger partial charge < -0.3 is 29.2 Å². The minimum absolute atomic E-state index is 0.00843. The quantitative estimate of drug-likeness (QED) is 0.819. The monoisotopic (exact) mass is 388 g/mol. The van der Waals surface area contributed by atoms with Gasteiger partial charge in [0, 0.05) is 11.1 Å². The fourth-order valence-electron chi connectivity index (χ4n) is 4.07.